The van der Waals surface area contributed by atoms with Crippen LogP contribution in [0.15, 0.2) is 0 Å². The Labute approximate surface area is 111 Å². The summed E-state index contributed by atoms with van der Waals surface area (Å²) in [4.78, 5) is 8.45. The maximum atomic E-state index is 10.3. The van der Waals surface area contributed by atoms with E-state index in [-0.39, 0.29) is 37.7 Å². The van der Waals surface area contributed by atoms with Gasteiger partial charge in [-0.25, -0.2) is 0 Å². The van der Waals surface area contributed by atoms with Crippen molar-refractivity contribution >= 4 is 46.0 Å². The van der Waals surface area contributed by atoms with Gasteiger partial charge in [-0.1, -0.05) is 33.1 Å². The summed E-state index contributed by atoms with van der Waals surface area (Å²) in [6, 6.07) is 0. The second-order valence-corrected chi connectivity index (χ2v) is 3.81. The molecule has 0 aliphatic rings. The van der Waals surface area contributed by atoms with Crippen LogP contribution in [-0.4, -0.2) is 49.2 Å². The van der Waals surface area contributed by atoms with Crippen molar-refractivity contribution in [3.05, 3.63) is 0 Å². The van der Waals surface area contributed by atoms with Gasteiger partial charge < -0.3 is 9.42 Å². The Morgan fingerprint density at radius 1 is 1.46 bits per heavy atom. The Bertz CT molecular complexity index is 133. The molecule has 0 rings (SSSR count). The fraction of sp³-hybridized carbons (Fsp3) is 1.00. The second kappa shape index (κ2) is 11.5. The van der Waals surface area contributed by atoms with Gasteiger partial charge in [-0.2, -0.15) is 0 Å². The number of rotatable bonds is 7. The van der Waals surface area contributed by atoms with Crippen molar-refractivity contribution in [1.82, 2.24) is 0 Å². The molecule has 0 aromatic carbocycles. The van der Waals surface area contributed by atoms with Crippen molar-refractivity contribution in [3.63, 3.8) is 0 Å². The van der Waals surface area contributed by atoms with Crippen LogP contribution in [0.4, 0.5) is 0 Å². The molecule has 0 aliphatic carbocycles. The summed E-state index contributed by atoms with van der Waals surface area (Å²) in [6.45, 7) is 4.66. The normalized spacial score (nSPS) is 14.7. The summed E-state index contributed by atoms with van der Waals surface area (Å²) in [6.07, 6.45) is 4.47. The van der Waals surface area contributed by atoms with Crippen LogP contribution in [0.25, 0.3) is 0 Å². The van der Waals surface area contributed by atoms with Gasteiger partial charge in [0.25, 0.3) is 0 Å². The van der Waals surface area contributed by atoms with Crippen LogP contribution >= 0.6 is 8.25 Å². The van der Waals surface area contributed by atoms with Crippen LogP contribution in [0.3, 0.4) is 0 Å². The van der Waals surface area contributed by atoms with Gasteiger partial charge in [0.2, 0.25) is 0 Å². The third-order valence-corrected chi connectivity index (χ3v) is 2.40. The molecular formula is C8H21CaO3P. The first-order valence-corrected chi connectivity index (χ1v) is 5.82. The summed E-state index contributed by atoms with van der Waals surface area (Å²) in [5, 5.41) is 0. The third-order valence-electron chi connectivity index (χ3n) is 1.99. The van der Waals surface area contributed by atoms with E-state index in [4.69, 9.17) is 9.42 Å². The van der Waals surface area contributed by atoms with Crippen molar-refractivity contribution in [2.24, 2.45) is 5.92 Å². The van der Waals surface area contributed by atoms with Gasteiger partial charge in [-0.3, -0.25) is 4.57 Å². The summed E-state index contributed by atoms with van der Waals surface area (Å²) in [5.74, 6) is 0.450. The summed E-state index contributed by atoms with van der Waals surface area (Å²) in [7, 11) is -2.71. The fourth-order valence-electron chi connectivity index (χ4n) is 1.09. The zero-order valence-corrected chi connectivity index (χ0v) is 8.88. The van der Waals surface area contributed by atoms with E-state index >= 15 is 0 Å². The first-order valence-electron chi connectivity index (χ1n) is 4.56. The van der Waals surface area contributed by atoms with E-state index in [1.165, 1.54) is 12.8 Å². The molecule has 1 N–H and O–H groups in total. The Kier molecular flexibility index (Phi) is 14.9. The molecule has 5 heteroatoms. The molecule has 2 atom stereocenters. The van der Waals surface area contributed by atoms with E-state index in [1.54, 1.807) is 0 Å². The molecule has 0 saturated heterocycles. The standard InChI is InChI=1S/C8H19O3P.Ca.2H/c1-3-5-6-8(4-2)7-11-12(9)10;;;/h8,12H,3-7H2,1-2H3,(H,9,10);;;. The Balaban J connectivity index is 0. The van der Waals surface area contributed by atoms with Crippen molar-refractivity contribution in [3.8, 4) is 0 Å². The fourth-order valence-corrected chi connectivity index (χ4v) is 1.47. The van der Waals surface area contributed by atoms with Crippen LogP contribution in [-0.2, 0) is 9.09 Å². The van der Waals surface area contributed by atoms with Gasteiger partial charge >= 0.3 is 46.0 Å². The van der Waals surface area contributed by atoms with Crippen LogP contribution < -0.4 is 0 Å². The molecule has 78 valence electrons. The Morgan fingerprint density at radius 2 is 2.08 bits per heavy atom. The molecule has 0 aromatic rings. The van der Waals surface area contributed by atoms with Gasteiger partial charge in [-0.05, 0) is 12.3 Å². The second-order valence-electron chi connectivity index (χ2n) is 2.99. The molecule has 13 heavy (non-hydrogen) atoms. The van der Waals surface area contributed by atoms with Gasteiger partial charge in [0.1, 0.15) is 0 Å². The predicted molar refractivity (Wildman–Crippen MR) is 59.0 cm³/mol. The molecule has 0 fully saturated rings. The number of hydrogen-bond donors (Lipinski definition) is 1. The van der Waals surface area contributed by atoms with E-state index in [0.717, 1.165) is 12.8 Å². The quantitative estimate of drug-likeness (QED) is 0.540. The average Bonchev–Trinajstić information content (AvgIpc) is 2.05. The van der Waals surface area contributed by atoms with E-state index in [9.17, 15) is 4.57 Å². The van der Waals surface area contributed by atoms with E-state index in [1.807, 2.05) is 0 Å². The molecule has 0 spiro atoms. The van der Waals surface area contributed by atoms with Crippen molar-refractivity contribution in [1.29, 1.82) is 0 Å². The summed E-state index contributed by atoms with van der Waals surface area (Å²) >= 11 is 0. The first kappa shape index (κ1) is 16.8. The van der Waals surface area contributed by atoms with Crippen LogP contribution in [0.2, 0.25) is 0 Å². The average molecular weight is 236 g/mol. The molecule has 0 aromatic heterocycles. The molecule has 0 amide bonds. The van der Waals surface area contributed by atoms with Gasteiger partial charge in [0.05, 0.1) is 6.61 Å². The zero-order valence-electron chi connectivity index (χ0n) is 7.88. The predicted octanol–water partition coefficient (Wildman–Crippen LogP) is 1.69. The number of unbranched alkanes of at least 4 members (excludes halogenated alkanes) is 1. The summed E-state index contributed by atoms with van der Waals surface area (Å²) < 4.78 is 15.0. The van der Waals surface area contributed by atoms with Crippen molar-refractivity contribution < 1.29 is 14.0 Å². The van der Waals surface area contributed by atoms with Gasteiger partial charge in [0, 0.05) is 0 Å². The zero-order chi connectivity index (χ0) is 9.40. The monoisotopic (exact) mass is 236 g/mol. The van der Waals surface area contributed by atoms with E-state index in [2.05, 4.69) is 13.8 Å². The SMILES string of the molecule is CCCCC(CC)CO[PH](=O)O.[CaH2]. The minimum atomic E-state index is -2.71. The molecule has 0 heterocycles. The molecule has 3 nitrogen and oxygen atoms in total. The van der Waals surface area contributed by atoms with Crippen molar-refractivity contribution in [2.75, 3.05) is 6.61 Å². The van der Waals surface area contributed by atoms with Gasteiger partial charge in [-0.15, -0.1) is 0 Å². The van der Waals surface area contributed by atoms with Crippen molar-refractivity contribution in [2.45, 2.75) is 39.5 Å². The van der Waals surface area contributed by atoms with E-state index < -0.39 is 8.25 Å². The molecular weight excluding hydrogens is 215 g/mol. The molecule has 0 bridgehead atoms. The molecule has 0 radical (unpaired) electrons. The molecule has 2 unspecified atom stereocenters. The van der Waals surface area contributed by atoms with Crippen LogP contribution in [0, 0.1) is 5.92 Å². The van der Waals surface area contributed by atoms with E-state index in [0.29, 0.717) is 12.5 Å². The van der Waals surface area contributed by atoms with Crippen LogP contribution in [0.1, 0.15) is 39.5 Å². The Hall–Kier alpha value is 1.41. The summed E-state index contributed by atoms with van der Waals surface area (Å²) in [5.41, 5.74) is 0. The first-order chi connectivity index (χ1) is 5.70. The van der Waals surface area contributed by atoms with Crippen LogP contribution in [0.5, 0.6) is 0 Å². The molecule has 0 aliphatic heterocycles. The molecule has 0 saturated carbocycles. The minimum absolute atomic E-state index is 0. The number of hydrogen-bond acceptors (Lipinski definition) is 2. The topological polar surface area (TPSA) is 46.5 Å². The maximum absolute atomic E-state index is 10.3. The van der Waals surface area contributed by atoms with Gasteiger partial charge in [0.15, 0.2) is 0 Å². The third kappa shape index (κ3) is 11.3. The Morgan fingerprint density at radius 3 is 2.46 bits per heavy atom.